The molecule has 2 aliphatic rings. The first kappa shape index (κ1) is 45.9. The van der Waals surface area contributed by atoms with Crippen LogP contribution in [0.25, 0.3) is 0 Å². The predicted octanol–water partition coefficient (Wildman–Crippen LogP) is 7.46. The van der Waals surface area contributed by atoms with Crippen LogP contribution in [-0.4, -0.2) is 105 Å². The Balaban J connectivity index is 2.27. The van der Waals surface area contributed by atoms with E-state index in [0.29, 0.717) is 32.3 Å². The first-order valence-electron chi connectivity index (χ1n) is 18.7. The molecule has 0 aromatic rings. The van der Waals surface area contributed by atoms with Crippen molar-refractivity contribution < 1.29 is 51.9 Å². The summed E-state index contributed by atoms with van der Waals surface area (Å²) in [6.07, 6.45) is 1.81. The smallest absolute Gasteiger partial charge is 0.337 e. The molecule has 0 radical (unpaired) electrons. The van der Waals surface area contributed by atoms with Gasteiger partial charge >= 0.3 is 5.97 Å². The second-order valence-corrected chi connectivity index (χ2v) is 21.6. The summed E-state index contributed by atoms with van der Waals surface area (Å²) in [5.74, 6) is -1.44. The van der Waals surface area contributed by atoms with E-state index in [1.165, 1.54) is 21.3 Å². The average molecular weight is 745 g/mol. The Morgan fingerprint density at radius 3 is 2.22 bits per heavy atom. The van der Waals surface area contributed by atoms with Gasteiger partial charge < -0.3 is 42.3 Å². The summed E-state index contributed by atoms with van der Waals surface area (Å²) in [5.41, 5.74) is 0.133. The van der Waals surface area contributed by atoms with Gasteiger partial charge in [0.2, 0.25) is 0 Å². The van der Waals surface area contributed by atoms with Gasteiger partial charge in [0.1, 0.15) is 6.79 Å². The molecular weight excluding hydrogens is 673 g/mol. The van der Waals surface area contributed by atoms with Crippen LogP contribution in [0.15, 0.2) is 11.6 Å². The minimum atomic E-state index is -1.88. The first-order valence-corrected chi connectivity index (χ1v) is 21.7. The van der Waals surface area contributed by atoms with E-state index in [4.69, 9.17) is 42.3 Å². The van der Waals surface area contributed by atoms with Crippen LogP contribution >= 0.6 is 0 Å². The lowest BCUT2D eigenvalue weighted by Gasteiger charge is -2.61. The van der Waals surface area contributed by atoms with Gasteiger partial charge in [-0.15, -0.1) is 0 Å². The molecule has 0 aliphatic carbocycles. The Labute approximate surface area is 310 Å². The summed E-state index contributed by atoms with van der Waals surface area (Å²) in [5, 5.41) is 0.135. The zero-order valence-electron chi connectivity index (χ0n) is 34.7. The number of hydrogen-bond acceptors (Lipinski definition) is 11. The topological polar surface area (TPSA) is 117 Å². The third-order valence-corrected chi connectivity index (χ3v) is 16.2. The lowest BCUT2D eigenvalue weighted by Crippen LogP contribution is -2.70. The molecule has 1 spiro atoms. The molecule has 0 bridgehead atoms. The molecule has 2 fully saturated rings. The molecule has 298 valence electrons. The van der Waals surface area contributed by atoms with Crippen molar-refractivity contribution in [3.05, 3.63) is 11.6 Å². The number of methoxy groups -OCH3 is 4. The molecule has 10 atom stereocenters. The number of ketones is 1. The first-order chi connectivity index (χ1) is 23.6. The molecule has 11 nitrogen and oxygen atoms in total. The van der Waals surface area contributed by atoms with Gasteiger partial charge in [0.15, 0.2) is 32.3 Å². The van der Waals surface area contributed by atoms with Crippen LogP contribution in [0, 0.1) is 23.2 Å². The molecule has 0 aromatic heterocycles. The maximum atomic E-state index is 13.6. The van der Waals surface area contributed by atoms with Crippen molar-refractivity contribution in [1.82, 2.24) is 0 Å². The van der Waals surface area contributed by atoms with Gasteiger partial charge in [0, 0.05) is 58.5 Å². The molecule has 3 unspecified atom stereocenters. The van der Waals surface area contributed by atoms with Crippen LogP contribution in [0.5, 0.6) is 0 Å². The van der Waals surface area contributed by atoms with Crippen molar-refractivity contribution in [3.63, 3.8) is 0 Å². The molecule has 0 saturated carbocycles. The van der Waals surface area contributed by atoms with E-state index < -0.39 is 50.1 Å². The van der Waals surface area contributed by atoms with Crippen LogP contribution < -0.4 is 0 Å². The van der Waals surface area contributed by atoms with Gasteiger partial charge in [-0.1, -0.05) is 61.5 Å². The van der Waals surface area contributed by atoms with Crippen LogP contribution in [0.1, 0.15) is 101 Å². The number of allylic oxidation sites excluding steroid dienone is 1. The zero-order chi connectivity index (χ0) is 38.9. The third-order valence-electron chi connectivity index (χ3n) is 11.7. The summed E-state index contributed by atoms with van der Waals surface area (Å²) < 4.78 is 54.3. The minimum Gasteiger partial charge on any atom is -0.467 e. The second kappa shape index (κ2) is 19.4. The Morgan fingerprint density at radius 2 is 1.69 bits per heavy atom. The fourth-order valence-corrected chi connectivity index (χ4v) is 8.27. The normalized spacial score (nSPS) is 29.7. The highest BCUT2D eigenvalue weighted by molar-refractivity contribution is 6.74. The van der Waals surface area contributed by atoms with E-state index in [2.05, 4.69) is 74.6 Å². The van der Waals surface area contributed by atoms with Crippen LogP contribution in [-0.2, 0) is 51.9 Å². The maximum absolute atomic E-state index is 13.6. The van der Waals surface area contributed by atoms with Gasteiger partial charge in [0.05, 0.1) is 31.5 Å². The molecule has 12 heteroatoms. The maximum Gasteiger partial charge on any atom is 0.337 e. The molecule has 51 heavy (non-hydrogen) atoms. The number of rotatable bonds is 19. The van der Waals surface area contributed by atoms with Gasteiger partial charge in [0.25, 0.3) is 0 Å². The number of carbonyl (C=O) groups excluding carboxylic acids is 2. The molecule has 0 amide bonds. The Bertz CT molecular complexity index is 1130. The fraction of sp³-hybridized carbons (Fsp3) is 0.897. The molecule has 0 aromatic carbocycles. The number of hydrogen-bond donors (Lipinski definition) is 0. The number of Topliss-reactive ketones (excluding diaryl/α,β-unsaturated/α-hetero) is 1. The SMILES string of the molecule is CCC(/C=C(/C)C(=O)C[C@@H](C)CC1O[C@@H](C)OC2(O[C@H](C[C@H](OC)[C@@H](OCOC)C(=O)OC)C[C@H](OC)[C@@H]2C)C1(C)C)CO[Si](C)(C)C(C)(C)C. The van der Waals surface area contributed by atoms with E-state index in [9.17, 15) is 9.59 Å². The quantitative estimate of drug-likeness (QED) is 0.0568. The van der Waals surface area contributed by atoms with E-state index in [-0.39, 0.29) is 47.6 Å². The molecule has 0 N–H and O–H groups in total. The lowest BCUT2D eigenvalue weighted by atomic mass is 9.66. The Kier molecular flexibility index (Phi) is 17.5. The highest BCUT2D eigenvalue weighted by Gasteiger charge is 2.64. The Hall–Kier alpha value is -1.22. The van der Waals surface area contributed by atoms with Crippen LogP contribution in [0.2, 0.25) is 18.1 Å². The monoisotopic (exact) mass is 744 g/mol. The van der Waals surface area contributed by atoms with E-state index in [0.717, 1.165) is 12.0 Å². The van der Waals surface area contributed by atoms with Crippen molar-refractivity contribution in [2.24, 2.45) is 23.2 Å². The Morgan fingerprint density at radius 1 is 1.04 bits per heavy atom. The largest absolute Gasteiger partial charge is 0.467 e. The van der Waals surface area contributed by atoms with Crippen molar-refractivity contribution >= 4 is 20.1 Å². The van der Waals surface area contributed by atoms with Crippen molar-refractivity contribution in [1.29, 1.82) is 0 Å². The van der Waals surface area contributed by atoms with Crippen molar-refractivity contribution in [3.8, 4) is 0 Å². The minimum absolute atomic E-state index is 0.0422. The number of ether oxygens (including phenoxy) is 8. The summed E-state index contributed by atoms with van der Waals surface area (Å²) in [7, 11) is 4.14. The third kappa shape index (κ3) is 11.4. The van der Waals surface area contributed by atoms with E-state index in [1.54, 1.807) is 7.11 Å². The van der Waals surface area contributed by atoms with Crippen molar-refractivity contribution in [2.75, 3.05) is 41.8 Å². The molecule has 2 aliphatic heterocycles. The summed E-state index contributed by atoms with van der Waals surface area (Å²) >= 11 is 0. The van der Waals surface area contributed by atoms with Crippen LogP contribution in [0.4, 0.5) is 0 Å². The zero-order valence-corrected chi connectivity index (χ0v) is 35.7. The molecular formula is C39H72O11Si. The predicted molar refractivity (Wildman–Crippen MR) is 200 cm³/mol. The molecule has 2 rings (SSSR count). The van der Waals surface area contributed by atoms with E-state index in [1.807, 2.05) is 13.8 Å². The van der Waals surface area contributed by atoms with Gasteiger partial charge in [-0.2, -0.15) is 0 Å². The standard InChI is InChI=1S/C39H72O11Si/c1-17-29(23-47-51(15,16)37(6,7)8)20-26(3)31(40)18-25(2)19-34-38(9,10)39(49-28(5)48-34)27(4)32(43-12)21-30(50-39)22-33(44-13)35(36(41)45-14)46-24-42-11/h20,25,27-30,32-35H,17-19,21-24H2,1-16H3/b26-20-/t25-,27+,28-,29?,30+,32+,33+,34?,35-,39?/m1/s1. The van der Waals surface area contributed by atoms with E-state index >= 15 is 0 Å². The molecule has 2 saturated heterocycles. The summed E-state index contributed by atoms with van der Waals surface area (Å²) in [6.45, 7) is 26.2. The fourth-order valence-electron chi connectivity index (χ4n) is 7.21. The van der Waals surface area contributed by atoms with Gasteiger partial charge in [-0.05, 0) is 62.2 Å². The highest BCUT2D eigenvalue weighted by atomic mass is 28.4. The van der Waals surface area contributed by atoms with Crippen LogP contribution in [0.3, 0.4) is 0 Å². The summed E-state index contributed by atoms with van der Waals surface area (Å²) in [4.78, 5) is 26.2. The van der Waals surface area contributed by atoms with Crippen molar-refractivity contribution in [2.45, 2.75) is 162 Å². The van der Waals surface area contributed by atoms with Gasteiger partial charge in [-0.25, -0.2) is 4.79 Å². The average Bonchev–Trinajstić information content (AvgIpc) is 3.05. The van der Waals surface area contributed by atoms with Gasteiger partial charge in [-0.3, -0.25) is 4.79 Å². The highest BCUT2D eigenvalue weighted by Crippen LogP contribution is 2.55. The lowest BCUT2D eigenvalue weighted by molar-refractivity contribution is -0.454. The number of esters is 1. The molecule has 2 heterocycles. The number of carbonyl (C=O) groups is 2. The summed E-state index contributed by atoms with van der Waals surface area (Å²) in [6, 6.07) is 0. The second-order valence-electron chi connectivity index (χ2n) is 16.8.